The van der Waals surface area contributed by atoms with Gasteiger partial charge >= 0.3 is 0 Å². The Hall–Kier alpha value is -0.260. The van der Waals surface area contributed by atoms with E-state index >= 15 is 0 Å². The molecule has 0 bridgehead atoms. The Bertz CT molecular complexity index is 60.4. The first kappa shape index (κ1) is 6.74. The van der Waals surface area contributed by atoms with E-state index in [9.17, 15) is 0 Å². The Kier molecular flexibility index (Phi) is 3.77. The SMILES string of the molecule is C/C=C(/C)CCC. The number of hydrogen-bond acceptors (Lipinski definition) is 0. The van der Waals surface area contributed by atoms with Crippen LogP contribution in [-0.2, 0) is 0 Å². The third kappa shape index (κ3) is 3.57. The van der Waals surface area contributed by atoms with Gasteiger partial charge in [-0.25, -0.2) is 0 Å². The maximum absolute atomic E-state index is 2.20. The van der Waals surface area contributed by atoms with Crippen LogP contribution in [0.5, 0.6) is 0 Å². The first-order valence-corrected chi connectivity index (χ1v) is 2.93. The third-order valence-electron chi connectivity index (χ3n) is 1.14. The molecular formula is C7H14. The maximum atomic E-state index is 2.20. The van der Waals surface area contributed by atoms with E-state index in [1.54, 1.807) is 0 Å². The molecule has 0 heteroatoms. The quantitative estimate of drug-likeness (QED) is 0.466. The molecule has 0 aliphatic heterocycles. The van der Waals surface area contributed by atoms with Gasteiger partial charge in [-0.1, -0.05) is 25.0 Å². The van der Waals surface area contributed by atoms with E-state index in [1.807, 2.05) is 0 Å². The van der Waals surface area contributed by atoms with Crippen molar-refractivity contribution in [3.63, 3.8) is 0 Å². The highest BCUT2D eigenvalue weighted by Gasteiger charge is 1.79. The van der Waals surface area contributed by atoms with Crippen molar-refractivity contribution < 1.29 is 0 Å². The summed E-state index contributed by atoms with van der Waals surface area (Å²) in [4.78, 5) is 0. The fourth-order valence-electron chi connectivity index (χ4n) is 0.539. The first-order valence-electron chi connectivity index (χ1n) is 2.93. The van der Waals surface area contributed by atoms with Gasteiger partial charge in [0.05, 0.1) is 0 Å². The van der Waals surface area contributed by atoms with Crippen LogP contribution in [0.4, 0.5) is 0 Å². The van der Waals surface area contributed by atoms with Crippen molar-refractivity contribution in [1.82, 2.24) is 0 Å². The molecule has 0 amide bonds. The van der Waals surface area contributed by atoms with E-state index in [-0.39, 0.29) is 0 Å². The maximum Gasteiger partial charge on any atom is -0.0326 e. The van der Waals surface area contributed by atoms with Gasteiger partial charge in [-0.15, -0.1) is 0 Å². The Labute approximate surface area is 46.2 Å². The standard InChI is InChI=1S/C7H14/c1-4-6-7(3)5-2/h5H,4,6H2,1-3H3/b7-5-. The van der Waals surface area contributed by atoms with E-state index in [2.05, 4.69) is 26.8 Å². The second-order valence-corrected chi connectivity index (χ2v) is 1.89. The zero-order valence-corrected chi connectivity index (χ0v) is 5.49. The van der Waals surface area contributed by atoms with Crippen molar-refractivity contribution in [2.75, 3.05) is 0 Å². The second kappa shape index (κ2) is 3.91. The molecule has 0 atom stereocenters. The molecule has 0 saturated heterocycles. The summed E-state index contributed by atoms with van der Waals surface area (Å²) < 4.78 is 0. The second-order valence-electron chi connectivity index (χ2n) is 1.89. The summed E-state index contributed by atoms with van der Waals surface area (Å²) in [5.41, 5.74) is 1.50. The molecule has 0 heterocycles. The molecule has 0 fully saturated rings. The molecule has 42 valence electrons. The van der Waals surface area contributed by atoms with Crippen LogP contribution in [0, 0.1) is 0 Å². The third-order valence-corrected chi connectivity index (χ3v) is 1.14. The molecule has 0 rings (SSSR count). The van der Waals surface area contributed by atoms with Gasteiger partial charge in [-0.3, -0.25) is 0 Å². The van der Waals surface area contributed by atoms with Crippen LogP contribution in [0.25, 0.3) is 0 Å². The van der Waals surface area contributed by atoms with Crippen LogP contribution in [0.15, 0.2) is 11.6 Å². The van der Waals surface area contributed by atoms with E-state index in [0.29, 0.717) is 0 Å². The van der Waals surface area contributed by atoms with Crippen molar-refractivity contribution in [3.05, 3.63) is 11.6 Å². The van der Waals surface area contributed by atoms with Gasteiger partial charge in [0, 0.05) is 0 Å². The van der Waals surface area contributed by atoms with Crippen molar-refractivity contribution in [2.45, 2.75) is 33.6 Å². The molecule has 7 heavy (non-hydrogen) atoms. The van der Waals surface area contributed by atoms with Crippen molar-refractivity contribution in [1.29, 1.82) is 0 Å². The van der Waals surface area contributed by atoms with Crippen molar-refractivity contribution in [2.24, 2.45) is 0 Å². The predicted octanol–water partition coefficient (Wildman–Crippen LogP) is 2.75. The number of hydrogen-bond donors (Lipinski definition) is 0. The Morgan fingerprint density at radius 3 is 2.29 bits per heavy atom. The topological polar surface area (TPSA) is 0 Å². The van der Waals surface area contributed by atoms with E-state index in [0.717, 1.165) is 0 Å². The largest absolute Gasteiger partial charge is 0.0887 e. The van der Waals surface area contributed by atoms with Gasteiger partial charge in [0.1, 0.15) is 0 Å². The van der Waals surface area contributed by atoms with Crippen LogP contribution in [0.2, 0.25) is 0 Å². The normalized spacial score (nSPS) is 12.1. The summed E-state index contributed by atoms with van der Waals surface area (Å²) in [5, 5.41) is 0. The van der Waals surface area contributed by atoms with Crippen LogP contribution >= 0.6 is 0 Å². The summed E-state index contributed by atoms with van der Waals surface area (Å²) in [6.45, 7) is 6.46. The van der Waals surface area contributed by atoms with E-state index in [1.165, 1.54) is 18.4 Å². The van der Waals surface area contributed by atoms with Crippen LogP contribution in [0.1, 0.15) is 33.6 Å². The van der Waals surface area contributed by atoms with Crippen molar-refractivity contribution >= 4 is 0 Å². The lowest BCUT2D eigenvalue weighted by molar-refractivity contribution is 0.903. The predicted molar refractivity (Wildman–Crippen MR) is 34.3 cm³/mol. The summed E-state index contributed by atoms with van der Waals surface area (Å²) in [6.07, 6.45) is 4.70. The summed E-state index contributed by atoms with van der Waals surface area (Å²) in [5.74, 6) is 0. The van der Waals surface area contributed by atoms with Crippen LogP contribution < -0.4 is 0 Å². The fraction of sp³-hybridized carbons (Fsp3) is 0.714. The fourth-order valence-corrected chi connectivity index (χ4v) is 0.539. The van der Waals surface area contributed by atoms with Crippen LogP contribution in [-0.4, -0.2) is 0 Å². The lowest BCUT2D eigenvalue weighted by Crippen LogP contribution is -1.70. The molecule has 0 saturated carbocycles. The van der Waals surface area contributed by atoms with Gasteiger partial charge in [0.25, 0.3) is 0 Å². The molecule has 0 aliphatic carbocycles. The molecule has 0 N–H and O–H groups in total. The smallest absolute Gasteiger partial charge is 0.0326 e. The molecule has 0 aliphatic rings. The zero-order chi connectivity index (χ0) is 5.70. The van der Waals surface area contributed by atoms with Gasteiger partial charge in [-0.2, -0.15) is 0 Å². The average Bonchev–Trinajstić information content (AvgIpc) is 1.68. The minimum absolute atomic E-state index is 1.26. The minimum atomic E-state index is 1.26. The molecule has 0 radical (unpaired) electrons. The highest BCUT2D eigenvalue weighted by Crippen LogP contribution is 2.00. The summed E-state index contributed by atoms with van der Waals surface area (Å²) in [6, 6.07) is 0. The lowest BCUT2D eigenvalue weighted by Gasteiger charge is -1.91. The highest BCUT2D eigenvalue weighted by atomic mass is 13.9. The van der Waals surface area contributed by atoms with Crippen molar-refractivity contribution in [3.8, 4) is 0 Å². The molecule has 0 aromatic heterocycles. The molecule has 0 aromatic carbocycles. The Morgan fingerprint density at radius 1 is 1.57 bits per heavy atom. The number of allylic oxidation sites excluding steroid dienone is 2. The monoisotopic (exact) mass is 98.1 g/mol. The molecule has 0 aromatic rings. The first-order chi connectivity index (χ1) is 3.31. The highest BCUT2D eigenvalue weighted by molar-refractivity contribution is 4.94. The Balaban J connectivity index is 3.17. The lowest BCUT2D eigenvalue weighted by atomic mass is 10.2. The van der Waals surface area contributed by atoms with Gasteiger partial charge < -0.3 is 0 Å². The van der Waals surface area contributed by atoms with E-state index in [4.69, 9.17) is 0 Å². The van der Waals surface area contributed by atoms with Gasteiger partial charge in [-0.05, 0) is 20.3 Å². The van der Waals surface area contributed by atoms with Crippen LogP contribution in [0.3, 0.4) is 0 Å². The van der Waals surface area contributed by atoms with Gasteiger partial charge in [0.2, 0.25) is 0 Å². The minimum Gasteiger partial charge on any atom is -0.0887 e. The average molecular weight is 98.2 g/mol. The molecule has 0 nitrogen and oxygen atoms in total. The summed E-state index contributed by atoms with van der Waals surface area (Å²) >= 11 is 0. The Morgan fingerprint density at radius 2 is 2.14 bits per heavy atom. The molecule has 0 spiro atoms. The molecule has 0 unspecified atom stereocenters. The van der Waals surface area contributed by atoms with Gasteiger partial charge in [0.15, 0.2) is 0 Å². The molecular weight excluding hydrogens is 84.1 g/mol. The zero-order valence-electron chi connectivity index (χ0n) is 5.49. The number of rotatable bonds is 2. The van der Waals surface area contributed by atoms with E-state index < -0.39 is 0 Å². The summed E-state index contributed by atoms with van der Waals surface area (Å²) in [7, 11) is 0.